The molecule has 0 radical (unpaired) electrons. The van der Waals surface area contributed by atoms with Gasteiger partial charge >= 0.3 is 0 Å². The van der Waals surface area contributed by atoms with Crippen LogP contribution in [0.15, 0.2) is 11.3 Å². The zero-order chi connectivity index (χ0) is 19.3. The first-order chi connectivity index (χ1) is 12.8. The van der Waals surface area contributed by atoms with E-state index in [1.54, 1.807) is 12.1 Å². The third-order valence-electron chi connectivity index (χ3n) is 5.98. The van der Waals surface area contributed by atoms with Crippen molar-refractivity contribution in [2.75, 3.05) is 0 Å². The standard InChI is InChI=1S/C25H52Si/c1-5-8-11-14-17-20-23-26(24-21-18-15-12-9-6-2)25(4)22-19-16-13-10-7-3/h22,26H,5-21,23-24H2,1-4H3. The molecule has 0 aromatic carbocycles. The Morgan fingerprint density at radius 1 is 0.538 bits per heavy atom. The highest BCUT2D eigenvalue weighted by molar-refractivity contribution is 6.66. The molecule has 0 heterocycles. The molecule has 156 valence electrons. The summed E-state index contributed by atoms with van der Waals surface area (Å²) in [5.41, 5.74) is 0. The molecule has 0 saturated carbocycles. The third-order valence-corrected chi connectivity index (χ3v) is 9.71. The van der Waals surface area contributed by atoms with Gasteiger partial charge in [-0.15, -0.1) is 0 Å². The lowest BCUT2D eigenvalue weighted by Gasteiger charge is -2.17. The number of rotatable bonds is 20. The Balaban J connectivity index is 4.13. The van der Waals surface area contributed by atoms with Crippen molar-refractivity contribution in [3.05, 3.63) is 11.3 Å². The molecule has 0 N–H and O–H groups in total. The molecule has 0 spiro atoms. The zero-order valence-corrected chi connectivity index (χ0v) is 20.2. The third kappa shape index (κ3) is 17.4. The fourth-order valence-corrected chi connectivity index (χ4v) is 7.27. The molecule has 0 unspecified atom stereocenters. The molecule has 0 aliphatic heterocycles. The SMILES string of the molecule is CCCCCCC=C(C)[SiH](CCCCCCCC)CCCCCCCC. The van der Waals surface area contributed by atoms with Gasteiger partial charge in [-0.1, -0.05) is 140 Å². The summed E-state index contributed by atoms with van der Waals surface area (Å²) in [5, 5.41) is 1.85. The van der Waals surface area contributed by atoms with E-state index in [2.05, 4.69) is 33.8 Å². The fourth-order valence-electron chi connectivity index (χ4n) is 4.01. The molecule has 0 atom stereocenters. The maximum absolute atomic E-state index is 2.65. The topological polar surface area (TPSA) is 0 Å². The highest BCUT2D eigenvalue weighted by Gasteiger charge is 2.12. The van der Waals surface area contributed by atoms with Gasteiger partial charge in [-0.25, -0.2) is 0 Å². The minimum atomic E-state index is -0.643. The van der Waals surface area contributed by atoms with E-state index in [9.17, 15) is 0 Å². The van der Waals surface area contributed by atoms with Gasteiger partial charge < -0.3 is 0 Å². The number of unbranched alkanes of at least 4 members (excludes halogenated alkanes) is 14. The second kappa shape index (κ2) is 21.3. The lowest BCUT2D eigenvalue weighted by Crippen LogP contribution is -2.14. The second-order valence-electron chi connectivity index (χ2n) is 8.61. The van der Waals surface area contributed by atoms with Gasteiger partial charge in [-0.2, -0.15) is 0 Å². The number of allylic oxidation sites excluding steroid dienone is 2. The van der Waals surface area contributed by atoms with Gasteiger partial charge in [0.2, 0.25) is 0 Å². The maximum Gasteiger partial charge on any atom is 0.0648 e. The van der Waals surface area contributed by atoms with E-state index in [0.29, 0.717) is 0 Å². The molecule has 0 aliphatic rings. The average molecular weight is 381 g/mol. The lowest BCUT2D eigenvalue weighted by atomic mass is 10.1. The molecule has 0 fully saturated rings. The monoisotopic (exact) mass is 380 g/mol. The van der Waals surface area contributed by atoms with Crippen LogP contribution in [0.5, 0.6) is 0 Å². The Labute approximate surface area is 169 Å². The van der Waals surface area contributed by atoms with Crippen molar-refractivity contribution in [3.8, 4) is 0 Å². The molecule has 0 aliphatic carbocycles. The predicted molar refractivity (Wildman–Crippen MR) is 126 cm³/mol. The van der Waals surface area contributed by atoms with Gasteiger partial charge in [-0.3, -0.25) is 0 Å². The van der Waals surface area contributed by atoms with Crippen LogP contribution in [0.2, 0.25) is 12.1 Å². The zero-order valence-electron chi connectivity index (χ0n) is 19.1. The Kier molecular flexibility index (Phi) is 21.2. The van der Waals surface area contributed by atoms with Crippen LogP contribution in [0.4, 0.5) is 0 Å². The van der Waals surface area contributed by atoms with Crippen molar-refractivity contribution in [2.45, 2.75) is 149 Å². The molecule has 0 amide bonds. The maximum atomic E-state index is 2.65. The van der Waals surface area contributed by atoms with Gasteiger partial charge in [0.1, 0.15) is 0 Å². The van der Waals surface area contributed by atoms with Crippen LogP contribution < -0.4 is 0 Å². The van der Waals surface area contributed by atoms with Crippen LogP contribution in [0, 0.1) is 0 Å². The van der Waals surface area contributed by atoms with Crippen LogP contribution in [0.25, 0.3) is 0 Å². The summed E-state index contributed by atoms with van der Waals surface area (Å²) in [4.78, 5) is 0. The van der Waals surface area contributed by atoms with Gasteiger partial charge in [-0.05, 0) is 19.8 Å². The smallest absolute Gasteiger partial charge is 0.0648 e. The minimum Gasteiger partial charge on any atom is -0.0910 e. The summed E-state index contributed by atoms with van der Waals surface area (Å²) in [6.45, 7) is 9.44. The fraction of sp³-hybridized carbons (Fsp3) is 0.920. The average Bonchev–Trinajstić information content (AvgIpc) is 2.65. The normalized spacial score (nSPS) is 12.3. The van der Waals surface area contributed by atoms with Crippen molar-refractivity contribution in [3.63, 3.8) is 0 Å². The quantitative estimate of drug-likeness (QED) is 0.146. The Morgan fingerprint density at radius 3 is 1.38 bits per heavy atom. The highest BCUT2D eigenvalue weighted by Crippen LogP contribution is 2.20. The van der Waals surface area contributed by atoms with Crippen molar-refractivity contribution < 1.29 is 0 Å². The van der Waals surface area contributed by atoms with Crippen LogP contribution in [0.1, 0.15) is 137 Å². The summed E-state index contributed by atoms with van der Waals surface area (Å²) in [6, 6.07) is 3.16. The summed E-state index contributed by atoms with van der Waals surface area (Å²) in [5.74, 6) is 0. The van der Waals surface area contributed by atoms with E-state index in [-0.39, 0.29) is 0 Å². The van der Waals surface area contributed by atoms with Crippen molar-refractivity contribution in [1.29, 1.82) is 0 Å². The van der Waals surface area contributed by atoms with Crippen molar-refractivity contribution in [2.24, 2.45) is 0 Å². The second-order valence-corrected chi connectivity index (χ2v) is 12.1. The molecule has 0 rings (SSSR count). The molecular formula is C25H52Si. The molecule has 0 nitrogen and oxygen atoms in total. The first-order valence-electron chi connectivity index (χ1n) is 12.4. The molecule has 0 bridgehead atoms. The van der Waals surface area contributed by atoms with E-state index >= 15 is 0 Å². The molecule has 26 heavy (non-hydrogen) atoms. The highest BCUT2D eigenvalue weighted by atomic mass is 28.3. The van der Waals surface area contributed by atoms with E-state index in [1.165, 1.54) is 109 Å². The molecule has 0 aromatic heterocycles. The summed E-state index contributed by atoms with van der Waals surface area (Å²) in [7, 11) is -0.643. The van der Waals surface area contributed by atoms with Gasteiger partial charge in [0.05, 0.1) is 8.80 Å². The Morgan fingerprint density at radius 2 is 0.923 bits per heavy atom. The van der Waals surface area contributed by atoms with Crippen LogP contribution in [0.3, 0.4) is 0 Å². The lowest BCUT2D eigenvalue weighted by molar-refractivity contribution is 0.617. The first-order valence-corrected chi connectivity index (χ1v) is 14.6. The van der Waals surface area contributed by atoms with E-state index in [1.807, 2.05) is 5.20 Å². The van der Waals surface area contributed by atoms with Crippen LogP contribution >= 0.6 is 0 Å². The first kappa shape index (κ1) is 26.0. The Bertz CT molecular complexity index is 279. The van der Waals surface area contributed by atoms with Gasteiger partial charge in [0, 0.05) is 0 Å². The molecular weight excluding hydrogens is 328 g/mol. The number of hydrogen-bond acceptors (Lipinski definition) is 0. The summed E-state index contributed by atoms with van der Waals surface area (Å²) >= 11 is 0. The summed E-state index contributed by atoms with van der Waals surface area (Å²) in [6.07, 6.45) is 27.1. The summed E-state index contributed by atoms with van der Waals surface area (Å²) < 4.78 is 0. The minimum absolute atomic E-state index is 0.643. The van der Waals surface area contributed by atoms with Gasteiger partial charge in [0.25, 0.3) is 0 Å². The Hall–Kier alpha value is -0.0431. The van der Waals surface area contributed by atoms with E-state index in [0.717, 1.165) is 0 Å². The van der Waals surface area contributed by atoms with Crippen LogP contribution in [-0.4, -0.2) is 8.80 Å². The van der Waals surface area contributed by atoms with Gasteiger partial charge in [0.15, 0.2) is 0 Å². The molecule has 0 aromatic rings. The van der Waals surface area contributed by atoms with Crippen molar-refractivity contribution >= 4 is 8.80 Å². The van der Waals surface area contributed by atoms with E-state index < -0.39 is 8.80 Å². The molecule has 1 heteroatoms. The molecule has 0 saturated heterocycles. The van der Waals surface area contributed by atoms with E-state index in [4.69, 9.17) is 0 Å². The van der Waals surface area contributed by atoms with Crippen LogP contribution in [-0.2, 0) is 0 Å². The largest absolute Gasteiger partial charge is 0.0910 e. The van der Waals surface area contributed by atoms with Crippen molar-refractivity contribution in [1.82, 2.24) is 0 Å². The number of hydrogen-bond donors (Lipinski definition) is 0. The predicted octanol–water partition coefficient (Wildman–Crippen LogP) is 9.39.